The van der Waals surface area contributed by atoms with E-state index in [1.807, 2.05) is 54.6 Å². The van der Waals surface area contributed by atoms with Gasteiger partial charge >= 0.3 is 0 Å². The number of benzene rings is 2. The van der Waals surface area contributed by atoms with E-state index < -0.39 is 5.79 Å². The molecule has 0 fully saturated rings. The summed E-state index contributed by atoms with van der Waals surface area (Å²) in [5.41, 5.74) is 2.76. The van der Waals surface area contributed by atoms with Crippen LogP contribution in [0.15, 0.2) is 54.6 Å². The van der Waals surface area contributed by atoms with Gasteiger partial charge in [-0.2, -0.15) is 0 Å². The van der Waals surface area contributed by atoms with Gasteiger partial charge in [0.2, 0.25) is 5.79 Å². The van der Waals surface area contributed by atoms with Crippen LogP contribution in [0.5, 0.6) is 0 Å². The number of ether oxygens (including phenoxy) is 2. The predicted octanol–water partition coefficient (Wildman–Crippen LogP) is 3.36. The van der Waals surface area contributed by atoms with Gasteiger partial charge in [0.25, 0.3) is 0 Å². The fourth-order valence-corrected chi connectivity index (χ4v) is 2.19. The van der Waals surface area contributed by atoms with Crippen molar-refractivity contribution < 1.29 is 9.47 Å². The average molecular weight is 241 g/mol. The van der Waals surface area contributed by atoms with Gasteiger partial charge in [0.15, 0.2) is 0 Å². The van der Waals surface area contributed by atoms with Crippen molar-refractivity contribution in [2.24, 2.45) is 0 Å². The molecule has 2 rings (SSSR count). The molecular formula is C16H17O2. The number of methoxy groups -OCH3 is 2. The molecule has 0 bridgehead atoms. The fraction of sp³-hybridized carbons (Fsp3) is 0.188. The van der Waals surface area contributed by atoms with Gasteiger partial charge in [-0.05, 0) is 12.5 Å². The van der Waals surface area contributed by atoms with Gasteiger partial charge in [0.1, 0.15) is 0 Å². The molecule has 0 heterocycles. The van der Waals surface area contributed by atoms with Gasteiger partial charge in [-0.25, -0.2) is 0 Å². The Balaban J connectivity index is 2.62. The smallest absolute Gasteiger partial charge is 0.222 e. The van der Waals surface area contributed by atoms with E-state index in [4.69, 9.17) is 9.47 Å². The van der Waals surface area contributed by atoms with E-state index in [-0.39, 0.29) is 0 Å². The topological polar surface area (TPSA) is 18.5 Å². The van der Waals surface area contributed by atoms with Crippen molar-refractivity contribution in [3.63, 3.8) is 0 Å². The molecule has 93 valence electrons. The van der Waals surface area contributed by atoms with E-state index >= 15 is 0 Å². The zero-order valence-electron chi connectivity index (χ0n) is 10.7. The normalized spacial score (nSPS) is 11.5. The molecule has 0 aliphatic carbocycles. The molecule has 0 amide bonds. The average Bonchev–Trinajstić information content (AvgIpc) is 2.44. The van der Waals surface area contributed by atoms with Crippen molar-refractivity contribution in [2.45, 2.75) is 5.79 Å². The van der Waals surface area contributed by atoms with E-state index in [2.05, 4.69) is 6.92 Å². The largest absolute Gasteiger partial charge is 0.346 e. The van der Waals surface area contributed by atoms with Crippen molar-refractivity contribution in [3.05, 3.63) is 78.2 Å². The molecule has 1 radical (unpaired) electrons. The van der Waals surface area contributed by atoms with E-state index in [1.165, 1.54) is 0 Å². The molecule has 0 unspecified atom stereocenters. The van der Waals surface area contributed by atoms with Crippen LogP contribution >= 0.6 is 0 Å². The minimum atomic E-state index is -0.903. The zero-order valence-corrected chi connectivity index (χ0v) is 10.7. The van der Waals surface area contributed by atoms with Gasteiger partial charge in [-0.15, -0.1) is 0 Å². The molecule has 0 aromatic heterocycles. The Morgan fingerprint density at radius 2 is 1.39 bits per heavy atom. The second kappa shape index (κ2) is 5.34. The molecule has 2 aromatic rings. The Bertz CT molecular complexity index is 502. The third-order valence-corrected chi connectivity index (χ3v) is 3.10. The summed E-state index contributed by atoms with van der Waals surface area (Å²) in [4.78, 5) is 0. The molecule has 0 saturated heterocycles. The van der Waals surface area contributed by atoms with Crippen molar-refractivity contribution in [1.29, 1.82) is 0 Å². The van der Waals surface area contributed by atoms with Crippen LogP contribution in [0.1, 0.15) is 16.7 Å². The summed E-state index contributed by atoms with van der Waals surface area (Å²) >= 11 is 0. The molecular weight excluding hydrogens is 224 g/mol. The van der Waals surface area contributed by atoms with Crippen LogP contribution in [-0.2, 0) is 15.3 Å². The third-order valence-electron chi connectivity index (χ3n) is 3.10. The van der Waals surface area contributed by atoms with Gasteiger partial charge in [0.05, 0.1) is 0 Å². The summed E-state index contributed by atoms with van der Waals surface area (Å²) in [7, 11) is 3.28. The molecule has 0 aliphatic heterocycles. The van der Waals surface area contributed by atoms with Gasteiger partial charge in [-0.3, -0.25) is 0 Å². The first-order chi connectivity index (χ1) is 8.74. The maximum absolute atomic E-state index is 5.68. The summed E-state index contributed by atoms with van der Waals surface area (Å²) in [6, 6.07) is 17.7. The van der Waals surface area contributed by atoms with Crippen molar-refractivity contribution in [1.82, 2.24) is 0 Å². The Hall–Kier alpha value is -1.64. The highest BCUT2D eigenvalue weighted by atomic mass is 16.7. The van der Waals surface area contributed by atoms with Gasteiger partial charge < -0.3 is 9.47 Å². The van der Waals surface area contributed by atoms with Crippen LogP contribution < -0.4 is 0 Å². The fourth-order valence-electron chi connectivity index (χ4n) is 2.19. The molecule has 2 nitrogen and oxygen atoms in total. The van der Waals surface area contributed by atoms with Gasteiger partial charge in [-0.1, -0.05) is 54.6 Å². The molecule has 0 spiro atoms. The molecule has 2 aromatic carbocycles. The lowest BCUT2D eigenvalue weighted by Gasteiger charge is -2.33. The highest BCUT2D eigenvalue weighted by Gasteiger charge is 2.35. The van der Waals surface area contributed by atoms with Crippen LogP contribution in [-0.4, -0.2) is 14.2 Å². The first kappa shape index (κ1) is 12.8. The van der Waals surface area contributed by atoms with Crippen molar-refractivity contribution in [2.75, 3.05) is 14.2 Å². The first-order valence-corrected chi connectivity index (χ1v) is 5.82. The van der Waals surface area contributed by atoms with E-state index in [1.54, 1.807) is 14.2 Å². The summed E-state index contributed by atoms with van der Waals surface area (Å²) in [6.45, 7) is 4.05. The molecule has 2 heteroatoms. The molecule has 0 saturated carbocycles. The lowest BCUT2D eigenvalue weighted by Crippen LogP contribution is -2.33. The number of hydrogen-bond acceptors (Lipinski definition) is 2. The standard InChI is InChI=1S/C16H17O2/c1-13-9-7-8-12-15(13)16(17-2,18-3)14-10-5-4-6-11-14/h4-12H,1H2,2-3H3. The SMILES string of the molecule is [CH2]c1ccccc1C(OC)(OC)c1ccccc1. The van der Waals surface area contributed by atoms with Crippen LogP contribution in [0.3, 0.4) is 0 Å². The summed E-state index contributed by atoms with van der Waals surface area (Å²) in [5, 5.41) is 0. The third kappa shape index (κ3) is 2.05. The quantitative estimate of drug-likeness (QED) is 0.764. The predicted molar refractivity (Wildman–Crippen MR) is 72.1 cm³/mol. The summed E-state index contributed by atoms with van der Waals surface area (Å²) in [6.07, 6.45) is 0. The number of hydrogen-bond donors (Lipinski definition) is 0. The Kier molecular flexibility index (Phi) is 3.80. The lowest BCUT2D eigenvalue weighted by molar-refractivity contribution is -0.184. The maximum Gasteiger partial charge on any atom is 0.222 e. The van der Waals surface area contributed by atoms with Gasteiger partial charge in [0, 0.05) is 25.3 Å². The van der Waals surface area contributed by atoms with Crippen LogP contribution in [0.25, 0.3) is 0 Å². The monoisotopic (exact) mass is 241 g/mol. The van der Waals surface area contributed by atoms with Crippen LogP contribution in [0.4, 0.5) is 0 Å². The second-order valence-corrected chi connectivity index (χ2v) is 4.05. The Morgan fingerprint density at radius 3 is 1.94 bits per heavy atom. The van der Waals surface area contributed by atoms with E-state index in [9.17, 15) is 0 Å². The summed E-state index contributed by atoms with van der Waals surface area (Å²) < 4.78 is 11.4. The van der Waals surface area contributed by atoms with Crippen molar-refractivity contribution >= 4 is 0 Å². The highest BCUT2D eigenvalue weighted by Crippen LogP contribution is 2.35. The maximum atomic E-state index is 5.68. The van der Waals surface area contributed by atoms with Crippen LogP contribution in [0, 0.1) is 6.92 Å². The van der Waals surface area contributed by atoms with E-state index in [0.29, 0.717) is 0 Å². The molecule has 0 N–H and O–H groups in total. The minimum Gasteiger partial charge on any atom is -0.346 e. The molecule has 0 aliphatic rings. The van der Waals surface area contributed by atoms with E-state index in [0.717, 1.165) is 16.7 Å². The Labute approximate surface area is 108 Å². The van der Waals surface area contributed by atoms with Crippen LogP contribution in [0.2, 0.25) is 0 Å². The minimum absolute atomic E-state index is 0.894. The Morgan fingerprint density at radius 1 is 0.833 bits per heavy atom. The second-order valence-electron chi connectivity index (χ2n) is 4.05. The lowest BCUT2D eigenvalue weighted by atomic mass is 9.93. The first-order valence-electron chi connectivity index (χ1n) is 5.82. The zero-order chi connectivity index (χ0) is 13.0. The number of rotatable bonds is 4. The molecule has 18 heavy (non-hydrogen) atoms. The molecule has 0 atom stereocenters. The summed E-state index contributed by atoms with van der Waals surface area (Å²) in [5.74, 6) is -0.903. The highest BCUT2D eigenvalue weighted by molar-refractivity contribution is 5.40. The van der Waals surface area contributed by atoms with Crippen molar-refractivity contribution in [3.8, 4) is 0 Å².